The Morgan fingerprint density at radius 1 is 1.31 bits per heavy atom. The van der Waals surface area contributed by atoms with E-state index in [1.807, 2.05) is 12.1 Å². The van der Waals surface area contributed by atoms with Gasteiger partial charge in [-0.15, -0.1) is 0 Å². The van der Waals surface area contributed by atoms with E-state index in [0.717, 1.165) is 12.8 Å². The summed E-state index contributed by atoms with van der Waals surface area (Å²) in [5.41, 5.74) is 0.704. The van der Waals surface area contributed by atoms with Crippen molar-refractivity contribution in [1.29, 1.82) is 0 Å². The minimum Gasteiger partial charge on any atom is -0.481 e. The highest BCUT2D eigenvalue weighted by Crippen LogP contribution is 2.20. The van der Waals surface area contributed by atoms with Crippen LogP contribution in [0.4, 0.5) is 0 Å². The summed E-state index contributed by atoms with van der Waals surface area (Å²) in [6.07, 6.45) is 4.99. The number of hydrogen-bond acceptors (Lipinski definition) is 3. The third-order valence-corrected chi connectivity index (χ3v) is 2.63. The Hall–Kier alpha value is -1.09. The molecule has 0 spiro atoms. The van der Waals surface area contributed by atoms with Gasteiger partial charge in [-0.1, -0.05) is 38.7 Å². The molecule has 0 bridgehead atoms. The van der Waals surface area contributed by atoms with Crippen molar-refractivity contribution < 1.29 is 9.84 Å². The first-order valence-electron chi connectivity index (χ1n) is 5.97. The van der Waals surface area contributed by atoms with Crippen molar-refractivity contribution in [3.05, 3.63) is 23.9 Å². The fourth-order valence-corrected chi connectivity index (χ4v) is 1.64. The average molecular weight is 223 g/mol. The van der Waals surface area contributed by atoms with Gasteiger partial charge in [-0.2, -0.15) is 0 Å². The van der Waals surface area contributed by atoms with E-state index in [2.05, 4.69) is 11.9 Å². The number of hydrogen-bond donors (Lipinski definition) is 1. The number of pyridine rings is 1. The molecule has 3 nitrogen and oxygen atoms in total. The second-order valence-corrected chi connectivity index (χ2v) is 3.97. The normalized spacial score (nSPS) is 12.4. The Labute approximate surface area is 97.5 Å². The van der Waals surface area contributed by atoms with Crippen molar-refractivity contribution in [2.45, 2.75) is 45.1 Å². The van der Waals surface area contributed by atoms with Crippen LogP contribution in [0.25, 0.3) is 0 Å². The first-order valence-corrected chi connectivity index (χ1v) is 5.97. The maximum Gasteiger partial charge on any atom is 0.213 e. The first kappa shape index (κ1) is 13.0. The molecule has 1 aromatic rings. The summed E-state index contributed by atoms with van der Waals surface area (Å²) >= 11 is 0. The lowest BCUT2D eigenvalue weighted by Gasteiger charge is -2.10. The van der Waals surface area contributed by atoms with Crippen LogP contribution in [0.5, 0.6) is 5.88 Å². The average Bonchev–Trinajstić information content (AvgIpc) is 2.34. The lowest BCUT2D eigenvalue weighted by atomic mass is 10.1. The molecule has 0 aliphatic heterocycles. The number of rotatable bonds is 7. The lowest BCUT2D eigenvalue weighted by molar-refractivity contribution is 0.157. The van der Waals surface area contributed by atoms with E-state index >= 15 is 0 Å². The molecule has 1 N–H and O–H groups in total. The fraction of sp³-hybridized carbons (Fsp3) is 0.615. The Morgan fingerprint density at radius 3 is 2.81 bits per heavy atom. The fourth-order valence-electron chi connectivity index (χ4n) is 1.64. The Bertz CT molecular complexity index is 302. The number of aliphatic hydroxyl groups excluding tert-OH is 1. The largest absolute Gasteiger partial charge is 0.481 e. The quantitative estimate of drug-likeness (QED) is 0.722. The lowest BCUT2D eigenvalue weighted by Crippen LogP contribution is -2.01. The van der Waals surface area contributed by atoms with Gasteiger partial charge in [-0.25, -0.2) is 4.98 Å². The molecule has 0 fully saturated rings. The summed E-state index contributed by atoms with van der Waals surface area (Å²) < 4.78 is 5.03. The maximum atomic E-state index is 9.92. The zero-order valence-corrected chi connectivity index (χ0v) is 10.1. The molecule has 0 saturated carbocycles. The predicted molar refractivity (Wildman–Crippen MR) is 64.5 cm³/mol. The number of aromatic nitrogens is 1. The minimum absolute atomic E-state index is 0.466. The van der Waals surface area contributed by atoms with Gasteiger partial charge in [-0.3, -0.25) is 0 Å². The van der Waals surface area contributed by atoms with E-state index < -0.39 is 6.10 Å². The van der Waals surface area contributed by atoms with Gasteiger partial charge in [-0.05, 0) is 12.5 Å². The molecule has 1 rings (SSSR count). The van der Waals surface area contributed by atoms with Crippen LogP contribution >= 0.6 is 0 Å². The van der Waals surface area contributed by atoms with Crippen LogP contribution in [-0.2, 0) is 0 Å². The van der Waals surface area contributed by atoms with Crippen LogP contribution in [-0.4, -0.2) is 17.2 Å². The van der Waals surface area contributed by atoms with E-state index in [1.54, 1.807) is 13.2 Å². The molecule has 3 heteroatoms. The van der Waals surface area contributed by atoms with Gasteiger partial charge in [0, 0.05) is 6.07 Å². The highest BCUT2D eigenvalue weighted by Gasteiger charge is 2.09. The highest BCUT2D eigenvalue weighted by molar-refractivity contribution is 5.17. The number of nitrogens with zero attached hydrogens (tertiary/aromatic N) is 1. The van der Waals surface area contributed by atoms with Crippen LogP contribution in [0.2, 0.25) is 0 Å². The summed E-state index contributed by atoms with van der Waals surface area (Å²) in [4.78, 5) is 4.22. The number of unbranched alkanes of at least 4 members (excludes halogenated alkanes) is 3. The summed E-state index contributed by atoms with van der Waals surface area (Å²) in [5.74, 6) is 0.560. The summed E-state index contributed by atoms with van der Waals surface area (Å²) in [7, 11) is 1.58. The molecule has 0 radical (unpaired) electrons. The van der Waals surface area contributed by atoms with Crippen molar-refractivity contribution in [3.63, 3.8) is 0 Å². The van der Waals surface area contributed by atoms with Crippen LogP contribution in [0.3, 0.4) is 0 Å². The van der Waals surface area contributed by atoms with Gasteiger partial charge < -0.3 is 9.84 Å². The number of methoxy groups -OCH3 is 1. The molecule has 1 atom stereocenters. The number of aliphatic hydroxyl groups is 1. The van der Waals surface area contributed by atoms with Gasteiger partial charge in [0.1, 0.15) is 0 Å². The summed E-state index contributed by atoms with van der Waals surface area (Å²) in [6, 6.07) is 5.48. The third-order valence-electron chi connectivity index (χ3n) is 2.63. The molecule has 1 aromatic heterocycles. The topological polar surface area (TPSA) is 42.4 Å². The molecular formula is C13H21NO2. The first-order chi connectivity index (χ1) is 7.77. The minimum atomic E-state index is -0.466. The van der Waals surface area contributed by atoms with Crippen molar-refractivity contribution in [2.75, 3.05) is 7.11 Å². The monoisotopic (exact) mass is 223 g/mol. The van der Waals surface area contributed by atoms with Gasteiger partial charge in [0.2, 0.25) is 5.88 Å². The maximum absolute atomic E-state index is 9.92. The van der Waals surface area contributed by atoms with E-state index in [9.17, 15) is 5.11 Å². The predicted octanol–water partition coefficient (Wildman–Crippen LogP) is 3.09. The molecule has 0 saturated heterocycles. The molecule has 90 valence electrons. The van der Waals surface area contributed by atoms with Gasteiger partial charge >= 0.3 is 0 Å². The standard InChI is InChI=1S/C13H21NO2/c1-3-4-5-6-9-12(15)11-8-7-10-13(14-11)16-2/h7-8,10,12,15H,3-6,9H2,1-2H3. The molecule has 16 heavy (non-hydrogen) atoms. The van der Waals surface area contributed by atoms with Crippen molar-refractivity contribution in [3.8, 4) is 5.88 Å². The molecule has 1 unspecified atom stereocenters. The molecule has 0 aliphatic rings. The molecule has 0 aromatic carbocycles. The second-order valence-electron chi connectivity index (χ2n) is 3.97. The van der Waals surface area contributed by atoms with Crippen molar-refractivity contribution in [2.24, 2.45) is 0 Å². The van der Waals surface area contributed by atoms with Crippen LogP contribution in [0, 0.1) is 0 Å². The van der Waals surface area contributed by atoms with E-state index in [4.69, 9.17) is 4.74 Å². The van der Waals surface area contributed by atoms with Crippen LogP contribution < -0.4 is 4.74 Å². The number of ether oxygens (including phenoxy) is 1. The van der Waals surface area contributed by atoms with Gasteiger partial charge in [0.05, 0.1) is 18.9 Å². The SMILES string of the molecule is CCCCCCC(O)c1cccc(OC)n1. The van der Waals surface area contributed by atoms with E-state index in [-0.39, 0.29) is 0 Å². The second kappa shape index (κ2) is 7.23. The highest BCUT2D eigenvalue weighted by atomic mass is 16.5. The molecule has 0 aliphatic carbocycles. The molecule has 0 amide bonds. The van der Waals surface area contributed by atoms with Gasteiger partial charge in [0.15, 0.2) is 0 Å². The van der Waals surface area contributed by atoms with Crippen LogP contribution in [0.1, 0.15) is 50.8 Å². The smallest absolute Gasteiger partial charge is 0.213 e. The Kier molecular flexibility index (Phi) is 5.86. The summed E-state index contributed by atoms with van der Waals surface area (Å²) in [6.45, 7) is 2.18. The zero-order chi connectivity index (χ0) is 11.8. The van der Waals surface area contributed by atoms with Crippen molar-refractivity contribution in [1.82, 2.24) is 4.98 Å². The van der Waals surface area contributed by atoms with E-state index in [1.165, 1.54) is 19.3 Å². The summed E-state index contributed by atoms with van der Waals surface area (Å²) in [5, 5.41) is 9.92. The Balaban J connectivity index is 2.42. The molecule has 1 heterocycles. The molecular weight excluding hydrogens is 202 g/mol. The van der Waals surface area contributed by atoms with Gasteiger partial charge in [0.25, 0.3) is 0 Å². The Morgan fingerprint density at radius 2 is 2.12 bits per heavy atom. The van der Waals surface area contributed by atoms with Crippen LogP contribution in [0.15, 0.2) is 18.2 Å². The van der Waals surface area contributed by atoms with Crippen molar-refractivity contribution >= 4 is 0 Å². The third kappa shape index (κ3) is 4.19. The zero-order valence-electron chi connectivity index (χ0n) is 10.1. The van der Waals surface area contributed by atoms with E-state index in [0.29, 0.717) is 11.6 Å².